The quantitative estimate of drug-likeness (QED) is 0.359. The summed E-state index contributed by atoms with van der Waals surface area (Å²) in [4.78, 5) is 40.1. The molecule has 0 aliphatic rings. The van der Waals surface area contributed by atoms with Gasteiger partial charge in [0.25, 0.3) is 11.2 Å². The lowest BCUT2D eigenvalue weighted by molar-refractivity contribution is -0.384. The summed E-state index contributed by atoms with van der Waals surface area (Å²) < 4.78 is 6.62. The minimum Gasteiger partial charge on any atom is -0.497 e. The van der Waals surface area contributed by atoms with Gasteiger partial charge in [0.05, 0.1) is 28.6 Å². The van der Waals surface area contributed by atoms with Crippen molar-refractivity contribution in [3.8, 4) is 11.4 Å². The molecule has 0 fully saturated rings. The molecule has 4 rings (SSSR count). The van der Waals surface area contributed by atoms with Crippen LogP contribution in [0.25, 0.3) is 28.7 Å². The molecular weight excluding hydrogens is 424 g/mol. The largest absolute Gasteiger partial charge is 0.497 e. The zero-order valence-corrected chi connectivity index (χ0v) is 17.5. The van der Waals surface area contributed by atoms with E-state index in [1.165, 1.54) is 35.9 Å². The van der Waals surface area contributed by atoms with E-state index in [1.54, 1.807) is 54.6 Å². The lowest BCUT2D eigenvalue weighted by Crippen LogP contribution is -2.22. The third-order valence-electron chi connectivity index (χ3n) is 5.02. The summed E-state index contributed by atoms with van der Waals surface area (Å²) in [7, 11) is 1.51. The molecule has 4 aromatic rings. The second kappa shape index (κ2) is 8.75. The number of rotatable bonds is 6. The number of primary amides is 1. The summed E-state index contributed by atoms with van der Waals surface area (Å²) in [6, 6.07) is 17.3. The monoisotopic (exact) mass is 442 g/mol. The van der Waals surface area contributed by atoms with Gasteiger partial charge in [0.15, 0.2) is 0 Å². The van der Waals surface area contributed by atoms with Crippen molar-refractivity contribution < 1.29 is 14.5 Å². The van der Waals surface area contributed by atoms with Crippen LogP contribution in [0.4, 0.5) is 5.69 Å². The third kappa shape index (κ3) is 4.33. The highest BCUT2D eigenvalue weighted by Gasteiger charge is 2.13. The molecule has 0 unspecified atom stereocenters. The SMILES string of the molecule is COc1ccc2nc(/C=C/c3cccc([N+](=O)[O-])c3)n(-c3ccc(C(N)=O)cc3)c(=O)c2c1. The van der Waals surface area contributed by atoms with Crippen LogP contribution >= 0.6 is 0 Å². The van der Waals surface area contributed by atoms with Crippen molar-refractivity contribution >= 4 is 34.6 Å². The van der Waals surface area contributed by atoms with Gasteiger partial charge in [0.2, 0.25) is 5.91 Å². The highest BCUT2D eigenvalue weighted by molar-refractivity contribution is 5.93. The molecule has 0 aliphatic heterocycles. The van der Waals surface area contributed by atoms with Crippen molar-refractivity contribution in [2.75, 3.05) is 7.11 Å². The molecule has 0 bridgehead atoms. The number of non-ortho nitro benzene ring substituents is 1. The van der Waals surface area contributed by atoms with E-state index in [9.17, 15) is 19.7 Å². The highest BCUT2D eigenvalue weighted by atomic mass is 16.6. The topological polar surface area (TPSA) is 130 Å². The smallest absolute Gasteiger partial charge is 0.270 e. The first kappa shape index (κ1) is 21.4. The minimum absolute atomic E-state index is 0.0462. The van der Waals surface area contributed by atoms with E-state index in [4.69, 9.17) is 10.5 Å². The maximum atomic E-state index is 13.4. The number of nitrogens with zero attached hydrogens (tertiary/aromatic N) is 3. The summed E-state index contributed by atoms with van der Waals surface area (Å²) in [5.74, 6) is 0.231. The Morgan fingerprint density at radius 3 is 2.52 bits per heavy atom. The molecule has 0 radical (unpaired) electrons. The van der Waals surface area contributed by atoms with Crippen LogP contribution in [0.2, 0.25) is 0 Å². The average molecular weight is 442 g/mol. The molecule has 0 aliphatic carbocycles. The average Bonchev–Trinajstić information content (AvgIpc) is 2.83. The number of carbonyl (C=O) groups excluding carboxylic acids is 1. The van der Waals surface area contributed by atoms with E-state index < -0.39 is 10.8 Å². The molecule has 0 saturated heterocycles. The van der Waals surface area contributed by atoms with Crippen LogP contribution in [-0.2, 0) is 0 Å². The molecule has 1 aromatic heterocycles. The zero-order chi connectivity index (χ0) is 23.5. The Balaban J connectivity index is 1.91. The van der Waals surface area contributed by atoms with Gasteiger partial charge in [-0.05, 0) is 54.1 Å². The van der Waals surface area contributed by atoms with Crippen molar-refractivity contribution in [1.29, 1.82) is 0 Å². The Labute approximate surface area is 187 Å². The number of ether oxygens (including phenoxy) is 1. The van der Waals surface area contributed by atoms with Gasteiger partial charge in [-0.3, -0.25) is 24.3 Å². The van der Waals surface area contributed by atoms with Crippen LogP contribution in [0, 0.1) is 10.1 Å². The standard InChI is InChI=1S/C24H18N4O5/c1-33-19-10-11-21-20(14-19)24(30)27(17-8-6-16(7-9-17)23(25)29)22(26-21)12-5-15-3-2-4-18(13-15)28(31)32/h2-14H,1H3,(H2,25,29)/b12-5+. The molecule has 33 heavy (non-hydrogen) atoms. The Morgan fingerprint density at radius 2 is 1.85 bits per heavy atom. The molecule has 2 N–H and O–H groups in total. The molecular formula is C24H18N4O5. The summed E-state index contributed by atoms with van der Waals surface area (Å²) in [5, 5.41) is 11.4. The summed E-state index contributed by atoms with van der Waals surface area (Å²) in [6.45, 7) is 0. The molecule has 9 nitrogen and oxygen atoms in total. The predicted octanol–water partition coefficient (Wildman–Crippen LogP) is 3.57. The van der Waals surface area contributed by atoms with Crippen molar-refractivity contribution in [2.45, 2.75) is 0 Å². The number of hydrogen-bond donors (Lipinski definition) is 1. The molecule has 3 aromatic carbocycles. The van der Waals surface area contributed by atoms with E-state index in [-0.39, 0.29) is 11.2 Å². The lowest BCUT2D eigenvalue weighted by Gasteiger charge is -2.12. The number of methoxy groups -OCH3 is 1. The normalized spacial score (nSPS) is 11.1. The molecule has 0 spiro atoms. The van der Waals surface area contributed by atoms with Gasteiger partial charge < -0.3 is 10.5 Å². The first-order valence-electron chi connectivity index (χ1n) is 9.81. The van der Waals surface area contributed by atoms with Gasteiger partial charge in [-0.15, -0.1) is 0 Å². The first-order valence-corrected chi connectivity index (χ1v) is 9.81. The number of fused-ring (bicyclic) bond motifs is 1. The molecule has 1 amide bonds. The molecule has 0 saturated carbocycles. The summed E-state index contributed by atoms with van der Waals surface area (Å²) in [5.41, 5.74) is 6.74. The number of nitro groups is 1. The number of aromatic nitrogens is 2. The number of hydrogen-bond acceptors (Lipinski definition) is 6. The summed E-state index contributed by atoms with van der Waals surface area (Å²) in [6.07, 6.45) is 3.24. The molecule has 0 atom stereocenters. The molecule has 1 heterocycles. The zero-order valence-electron chi connectivity index (χ0n) is 17.5. The number of carbonyl (C=O) groups is 1. The lowest BCUT2D eigenvalue weighted by atomic mass is 10.1. The Morgan fingerprint density at radius 1 is 1.09 bits per heavy atom. The number of amides is 1. The van der Waals surface area contributed by atoms with E-state index in [0.717, 1.165) is 0 Å². The van der Waals surface area contributed by atoms with Crippen LogP contribution in [0.3, 0.4) is 0 Å². The number of nitrogens with two attached hydrogens (primary N) is 1. The Hall–Kier alpha value is -4.79. The van der Waals surface area contributed by atoms with Crippen LogP contribution in [0.1, 0.15) is 21.7 Å². The minimum atomic E-state index is -0.582. The number of nitro benzene ring substituents is 1. The van der Waals surface area contributed by atoms with Crippen LogP contribution < -0.4 is 16.0 Å². The fourth-order valence-electron chi connectivity index (χ4n) is 3.36. The van der Waals surface area contributed by atoms with E-state index in [0.29, 0.717) is 39.3 Å². The number of benzene rings is 3. The van der Waals surface area contributed by atoms with Crippen LogP contribution in [-0.4, -0.2) is 27.5 Å². The van der Waals surface area contributed by atoms with Gasteiger partial charge >= 0.3 is 0 Å². The molecule has 9 heteroatoms. The van der Waals surface area contributed by atoms with E-state index in [1.807, 2.05) is 0 Å². The third-order valence-corrected chi connectivity index (χ3v) is 5.02. The first-order chi connectivity index (χ1) is 15.9. The van der Waals surface area contributed by atoms with Crippen molar-refractivity contribution in [3.63, 3.8) is 0 Å². The van der Waals surface area contributed by atoms with Crippen molar-refractivity contribution in [1.82, 2.24) is 9.55 Å². The van der Waals surface area contributed by atoms with Gasteiger partial charge in [-0.25, -0.2) is 4.98 Å². The van der Waals surface area contributed by atoms with Crippen molar-refractivity contribution in [2.24, 2.45) is 5.73 Å². The molecule has 164 valence electrons. The van der Waals surface area contributed by atoms with Crippen LogP contribution in [0.15, 0.2) is 71.5 Å². The van der Waals surface area contributed by atoms with Gasteiger partial charge in [0, 0.05) is 17.7 Å². The highest BCUT2D eigenvalue weighted by Crippen LogP contribution is 2.21. The fraction of sp³-hybridized carbons (Fsp3) is 0.0417. The maximum absolute atomic E-state index is 13.4. The Bertz CT molecular complexity index is 1470. The van der Waals surface area contributed by atoms with Crippen molar-refractivity contribution in [3.05, 3.63) is 104 Å². The van der Waals surface area contributed by atoms with Crippen LogP contribution in [0.5, 0.6) is 5.75 Å². The van der Waals surface area contributed by atoms with Gasteiger partial charge in [-0.1, -0.05) is 18.2 Å². The summed E-state index contributed by atoms with van der Waals surface area (Å²) >= 11 is 0. The second-order valence-corrected chi connectivity index (χ2v) is 7.09. The van der Waals surface area contributed by atoms with Gasteiger partial charge in [-0.2, -0.15) is 0 Å². The fourth-order valence-corrected chi connectivity index (χ4v) is 3.36. The van der Waals surface area contributed by atoms with Gasteiger partial charge in [0.1, 0.15) is 11.6 Å². The van der Waals surface area contributed by atoms with E-state index in [2.05, 4.69) is 4.98 Å². The van der Waals surface area contributed by atoms with E-state index >= 15 is 0 Å². The second-order valence-electron chi connectivity index (χ2n) is 7.09. The Kier molecular flexibility index (Phi) is 5.69. The predicted molar refractivity (Wildman–Crippen MR) is 124 cm³/mol. The maximum Gasteiger partial charge on any atom is 0.270 e.